The Morgan fingerprint density at radius 3 is 2.86 bits per heavy atom. The molecule has 0 saturated carbocycles. The Balaban J connectivity index is 1.56. The molecule has 1 aliphatic rings. The van der Waals surface area contributed by atoms with Crippen molar-refractivity contribution in [3.63, 3.8) is 0 Å². The molecule has 0 bridgehead atoms. The van der Waals surface area contributed by atoms with Gasteiger partial charge in [-0.25, -0.2) is 0 Å². The maximum absolute atomic E-state index is 12.4. The van der Waals surface area contributed by atoms with E-state index >= 15 is 0 Å². The third-order valence-electron chi connectivity index (χ3n) is 4.62. The Kier molecular flexibility index (Phi) is 6.57. The van der Waals surface area contributed by atoms with Crippen LogP contribution in [0.1, 0.15) is 12.5 Å². The van der Waals surface area contributed by atoms with E-state index in [1.54, 1.807) is 12.1 Å². The maximum Gasteiger partial charge on any atom is 0.265 e. The molecule has 0 aliphatic carbocycles. The van der Waals surface area contributed by atoms with Gasteiger partial charge in [0.1, 0.15) is 12.3 Å². The third-order valence-corrected chi connectivity index (χ3v) is 5.11. The zero-order valence-corrected chi connectivity index (χ0v) is 17.7. The van der Waals surface area contributed by atoms with Crippen molar-refractivity contribution in [2.24, 2.45) is 0 Å². The number of benzene rings is 2. The first-order valence-electron chi connectivity index (χ1n) is 9.29. The summed E-state index contributed by atoms with van der Waals surface area (Å²) in [6.45, 7) is 6.13. The SMILES string of the molecule is CCN(CCNC(=O)CN1C(=O)COc2cc(Br)ccc21)c1cccc(C)c1. The van der Waals surface area contributed by atoms with Crippen LogP contribution in [0.15, 0.2) is 46.9 Å². The molecule has 0 radical (unpaired) electrons. The summed E-state index contributed by atoms with van der Waals surface area (Å²) in [5.74, 6) is 0.183. The van der Waals surface area contributed by atoms with Crippen LogP contribution in [0.4, 0.5) is 11.4 Å². The van der Waals surface area contributed by atoms with Gasteiger partial charge in [-0.3, -0.25) is 14.5 Å². The molecule has 0 atom stereocenters. The zero-order valence-electron chi connectivity index (χ0n) is 16.1. The Bertz CT molecular complexity index is 872. The van der Waals surface area contributed by atoms with E-state index in [9.17, 15) is 9.59 Å². The quantitative estimate of drug-likeness (QED) is 0.710. The van der Waals surface area contributed by atoms with E-state index in [4.69, 9.17) is 4.74 Å². The van der Waals surface area contributed by atoms with Crippen LogP contribution in [-0.2, 0) is 9.59 Å². The van der Waals surface area contributed by atoms with Crippen molar-refractivity contribution < 1.29 is 14.3 Å². The van der Waals surface area contributed by atoms with Crippen LogP contribution >= 0.6 is 15.9 Å². The standard InChI is InChI=1S/C21H24BrN3O3/c1-3-24(17-6-4-5-15(2)11-17)10-9-23-20(26)13-25-18-8-7-16(22)12-19(18)28-14-21(25)27/h4-8,11-12H,3,9-10,13-14H2,1-2H3,(H,23,26). The predicted octanol–water partition coefficient (Wildman–Crippen LogP) is 3.13. The third kappa shape index (κ3) is 4.84. The zero-order chi connectivity index (χ0) is 20.1. The van der Waals surface area contributed by atoms with Crippen molar-refractivity contribution in [3.8, 4) is 5.75 Å². The minimum atomic E-state index is -0.222. The molecule has 0 aromatic heterocycles. The van der Waals surface area contributed by atoms with E-state index in [2.05, 4.69) is 58.2 Å². The highest BCUT2D eigenvalue weighted by Crippen LogP contribution is 2.34. The molecule has 2 amide bonds. The molecular formula is C21H24BrN3O3. The summed E-state index contributed by atoms with van der Waals surface area (Å²) >= 11 is 3.39. The fraction of sp³-hybridized carbons (Fsp3) is 0.333. The lowest BCUT2D eigenvalue weighted by molar-refractivity contribution is -0.125. The number of aryl methyl sites for hydroxylation is 1. The number of likely N-dealkylation sites (N-methyl/N-ethyl adjacent to an activating group) is 1. The number of anilines is 2. The molecule has 1 heterocycles. The van der Waals surface area contributed by atoms with Crippen molar-refractivity contribution in [2.45, 2.75) is 13.8 Å². The lowest BCUT2D eigenvalue weighted by Gasteiger charge is -2.29. The van der Waals surface area contributed by atoms with Gasteiger partial charge >= 0.3 is 0 Å². The van der Waals surface area contributed by atoms with Gasteiger partial charge in [0.25, 0.3) is 5.91 Å². The average Bonchev–Trinajstić information content (AvgIpc) is 2.67. The molecule has 0 saturated heterocycles. The van der Waals surface area contributed by atoms with Gasteiger partial charge in [-0.1, -0.05) is 28.1 Å². The second-order valence-electron chi connectivity index (χ2n) is 6.65. The molecule has 28 heavy (non-hydrogen) atoms. The van der Waals surface area contributed by atoms with Crippen LogP contribution in [0.2, 0.25) is 0 Å². The summed E-state index contributed by atoms with van der Waals surface area (Å²) < 4.78 is 6.32. The largest absolute Gasteiger partial charge is 0.482 e. The first-order valence-corrected chi connectivity index (χ1v) is 10.1. The van der Waals surface area contributed by atoms with Gasteiger partial charge in [-0.2, -0.15) is 0 Å². The molecule has 2 aromatic rings. The Hall–Kier alpha value is -2.54. The van der Waals surface area contributed by atoms with Crippen molar-refractivity contribution in [2.75, 3.05) is 42.6 Å². The summed E-state index contributed by atoms with van der Waals surface area (Å²) in [6.07, 6.45) is 0. The van der Waals surface area contributed by atoms with E-state index < -0.39 is 0 Å². The summed E-state index contributed by atoms with van der Waals surface area (Å²) in [6, 6.07) is 13.7. The smallest absolute Gasteiger partial charge is 0.265 e. The fourth-order valence-electron chi connectivity index (χ4n) is 3.18. The van der Waals surface area contributed by atoms with Crippen LogP contribution in [0.3, 0.4) is 0 Å². The van der Waals surface area contributed by atoms with Gasteiger partial charge in [-0.05, 0) is 49.7 Å². The topological polar surface area (TPSA) is 61.9 Å². The summed E-state index contributed by atoms with van der Waals surface area (Å²) in [5, 5.41) is 2.92. The Morgan fingerprint density at radius 1 is 1.29 bits per heavy atom. The lowest BCUT2D eigenvalue weighted by atomic mass is 10.2. The Morgan fingerprint density at radius 2 is 2.11 bits per heavy atom. The molecule has 0 unspecified atom stereocenters. The molecule has 148 valence electrons. The normalized spacial score (nSPS) is 13.0. The lowest BCUT2D eigenvalue weighted by Crippen LogP contribution is -2.46. The monoisotopic (exact) mass is 445 g/mol. The molecule has 0 spiro atoms. The number of rotatable bonds is 7. The summed E-state index contributed by atoms with van der Waals surface area (Å²) in [4.78, 5) is 28.3. The van der Waals surface area contributed by atoms with Crippen LogP contribution in [-0.4, -0.2) is 44.6 Å². The molecule has 6 nitrogen and oxygen atoms in total. The van der Waals surface area contributed by atoms with Gasteiger partial charge in [0, 0.05) is 29.8 Å². The van der Waals surface area contributed by atoms with E-state index in [0.717, 1.165) is 16.7 Å². The molecule has 0 fully saturated rings. The van der Waals surface area contributed by atoms with Crippen LogP contribution in [0.25, 0.3) is 0 Å². The second-order valence-corrected chi connectivity index (χ2v) is 7.56. The van der Waals surface area contributed by atoms with Crippen LogP contribution < -0.4 is 19.9 Å². The molecule has 1 N–H and O–H groups in total. The summed E-state index contributed by atoms with van der Waals surface area (Å²) in [5.41, 5.74) is 2.96. The van der Waals surface area contributed by atoms with Gasteiger partial charge < -0.3 is 15.0 Å². The van der Waals surface area contributed by atoms with Gasteiger partial charge in [0.15, 0.2) is 6.61 Å². The van der Waals surface area contributed by atoms with Crippen molar-refractivity contribution in [1.82, 2.24) is 5.32 Å². The number of nitrogens with zero attached hydrogens (tertiary/aromatic N) is 2. The molecule has 1 aliphatic heterocycles. The molecule has 3 rings (SSSR count). The number of carbonyl (C=O) groups excluding carboxylic acids is 2. The van der Waals surface area contributed by atoms with Crippen molar-refractivity contribution >= 4 is 39.1 Å². The van der Waals surface area contributed by atoms with Crippen LogP contribution in [0, 0.1) is 6.92 Å². The van der Waals surface area contributed by atoms with Gasteiger partial charge in [0.2, 0.25) is 5.91 Å². The number of amides is 2. The fourth-order valence-corrected chi connectivity index (χ4v) is 3.52. The number of hydrogen-bond donors (Lipinski definition) is 1. The van der Waals surface area contributed by atoms with E-state index in [0.29, 0.717) is 24.5 Å². The molecule has 2 aromatic carbocycles. The number of ether oxygens (including phenoxy) is 1. The first kappa shape index (κ1) is 20.2. The average molecular weight is 446 g/mol. The number of hydrogen-bond acceptors (Lipinski definition) is 4. The van der Waals surface area contributed by atoms with Crippen LogP contribution in [0.5, 0.6) is 5.75 Å². The highest BCUT2D eigenvalue weighted by atomic mass is 79.9. The first-order chi connectivity index (χ1) is 13.5. The van der Waals surface area contributed by atoms with Gasteiger partial charge in [-0.15, -0.1) is 0 Å². The number of fused-ring (bicyclic) bond motifs is 1. The Labute approximate surface area is 173 Å². The van der Waals surface area contributed by atoms with E-state index in [1.807, 2.05) is 12.1 Å². The highest BCUT2D eigenvalue weighted by molar-refractivity contribution is 9.10. The van der Waals surface area contributed by atoms with Gasteiger partial charge in [0.05, 0.1) is 5.69 Å². The minimum absolute atomic E-state index is 0.0204. The highest BCUT2D eigenvalue weighted by Gasteiger charge is 2.27. The second kappa shape index (κ2) is 9.10. The molecular weight excluding hydrogens is 422 g/mol. The van der Waals surface area contributed by atoms with E-state index in [-0.39, 0.29) is 25.0 Å². The predicted molar refractivity (Wildman–Crippen MR) is 114 cm³/mol. The number of halogens is 1. The van der Waals surface area contributed by atoms with E-state index in [1.165, 1.54) is 10.5 Å². The molecule has 7 heteroatoms. The number of carbonyl (C=O) groups is 2. The number of nitrogens with one attached hydrogen (secondary N) is 1. The minimum Gasteiger partial charge on any atom is -0.482 e. The maximum atomic E-state index is 12.4. The summed E-state index contributed by atoms with van der Waals surface area (Å²) in [7, 11) is 0. The van der Waals surface area contributed by atoms with Crippen molar-refractivity contribution in [3.05, 3.63) is 52.5 Å². The van der Waals surface area contributed by atoms with Crippen molar-refractivity contribution in [1.29, 1.82) is 0 Å².